The molecule has 0 unspecified atom stereocenters. The molecule has 0 amide bonds. The molecule has 6 nitrogen and oxygen atoms in total. The number of non-ortho nitro benzene ring substituents is 1. The Morgan fingerprint density at radius 3 is 2.90 bits per heavy atom. The third-order valence-electron chi connectivity index (χ3n) is 3.37. The number of nitrogens with zero attached hydrogens (tertiary/aromatic N) is 1. The van der Waals surface area contributed by atoms with Gasteiger partial charge in [0.25, 0.3) is 5.69 Å². The lowest BCUT2D eigenvalue weighted by Gasteiger charge is -2.11. The minimum absolute atomic E-state index is 0.0930. The number of anilines is 1. The monoisotopic (exact) mass is 286 g/mol. The van der Waals surface area contributed by atoms with E-state index in [1.54, 1.807) is 12.1 Å². The third kappa shape index (κ3) is 2.60. The zero-order valence-electron chi connectivity index (χ0n) is 11.5. The largest absolute Gasteiger partial charge is 0.454 e. The molecule has 2 aromatic carbocycles. The van der Waals surface area contributed by atoms with E-state index in [-0.39, 0.29) is 12.5 Å². The van der Waals surface area contributed by atoms with Crippen molar-refractivity contribution in [3.8, 4) is 11.5 Å². The molecule has 0 aromatic heterocycles. The molecule has 2 aromatic rings. The highest BCUT2D eigenvalue weighted by molar-refractivity contribution is 5.57. The maximum atomic E-state index is 10.7. The van der Waals surface area contributed by atoms with Gasteiger partial charge >= 0.3 is 0 Å². The van der Waals surface area contributed by atoms with Crippen LogP contribution >= 0.6 is 0 Å². The van der Waals surface area contributed by atoms with Crippen LogP contribution in [0.25, 0.3) is 0 Å². The fraction of sp³-hybridized carbons (Fsp3) is 0.200. The van der Waals surface area contributed by atoms with Crippen molar-refractivity contribution in [3.63, 3.8) is 0 Å². The Morgan fingerprint density at radius 2 is 2.14 bits per heavy atom. The Hall–Kier alpha value is -2.76. The van der Waals surface area contributed by atoms with Crippen molar-refractivity contribution >= 4 is 11.4 Å². The van der Waals surface area contributed by atoms with E-state index in [2.05, 4.69) is 5.32 Å². The Bertz CT molecular complexity index is 700. The molecule has 0 radical (unpaired) electrons. The van der Waals surface area contributed by atoms with Gasteiger partial charge in [-0.25, -0.2) is 0 Å². The van der Waals surface area contributed by atoms with Crippen molar-refractivity contribution in [1.82, 2.24) is 0 Å². The van der Waals surface area contributed by atoms with Gasteiger partial charge < -0.3 is 14.8 Å². The first-order valence-electron chi connectivity index (χ1n) is 6.51. The summed E-state index contributed by atoms with van der Waals surface area (Å²) in [5.41, 5.74) is 2.77. The van der Waals surface area contributed by atoms with Gasteiger partial charge in [0.1, 0.15) is 0 Å². The summed E-state index contributed by atoms with van der Waals surface area (Å²) in [4.78, 5) is 10.3. The van der Waals surface area contributed by atoms with Crippen LogP contribution in [0.4, 0.5) is 11.4 Å². The molecule has 0 spiro atoms. The number of rotatable bonds is 4. The second-order valence-corrected chi connectivity index (χ2v) is 4.76. The average molecular weight is 286 g/mol. The average Bonchev–Trinajstić information content (AvgIpc) is 2.94. The summed E-state index contributed by atoms with van der Waals surface area (Å²) < 4.78 is 10.8. The van der Waals surface area contributed by atoms with Crippen LogP contribution in [0.5, 0.6) is 11.5 Å². The van der Waals surface area contributed by atoms with Gasteiger partial charge in [0, 0.05) is 29.9 Å². The van der Waals surface area contributed by atoms with Gasteiger partial charge in [0.15, 0.2) is 11.5 Å². The van der Waals surface area contributed by atoms with Crippen LogP contribution in [0.2, 0.25) is 0 Å². The van der Waals surface area contributed by atoms with E-state index in [0.29, 0.717) is 6.54 Å². The minimum atomic E-state index is -0.397. The molecule has 6 heteroatoms. The molecule has 0 aliphatic carbocycles. The van der Waals surface area contributed by atoms with Gasteiger partial charge in [-0.15, -0.1) is 0 Å². The highest BCUT2D eigenvalue weighted by atomic mass is 16.7. The van der Waals surface area contributed by atoms with Crippen molar-refractivity contribution in [1.29, 1.82) is 0 Å². The minimum Gasteiger partial charge on any atom is -0.454 e. The van der Waals surface area contributed by atoms with Crippen LogP contribution in [0, 0.1) is 17.0 Å². The number of nitrogens with one attached hydrogen (secondary N) is 1. The number of nitro groups is 1. The Balaban J connectivity index is 1.77. The molecule has 0 saturated carbocycles. The van der Waals surface area contributed by atoms with Crippen LogP contribution in [0.3, 0.4) is 0 Å². The lowest BCUT2D eigenvalue weighted by molar-refractivity contribution is -0.384. The van der Waals surface area contributed by atoms with E-state index in [1.807, 2.05) is 25.1 Å². The van der Waals surface area contributed by atoms with Gasteiger partial charge in [-0.05, 0) is 24.6 Å². The van der Waals surface area contributed by atoms with Crippen LogP contribution in [-0.2, 0) is 6.54 Å². The van der Waals surface area contributed by atoms with Crippen LogP contribution in [0.1, 0.15) is 11.1 Å². The molecule has 21 heavy (non-hydrogen) atoms. The smallest absolute Gasteiger partial charge is 0.269 e. The Morgan fingerprint density at radius 1 is 1.29 bits per heavy atom. The predicted molar refractivity (Wildman–Crippen MR) is 77.7 cm³/mol. The summed E-state index contributed by atoms with van der Waals surface area (Å²) in [6.07, 6.45) is 0. The number of ether oxygens (including phenoxy) is 2. The molecule has 108 valence electrons. The van der Waals surface area contributed by atoms with E-state index < -0.39 is 4.92 Å². The number of nitro benzene ring substituents is 1. The van der Waals surface area contributed by atoms with Gasteiger partial charge in [0.2, 0.25) is 6.79 Å². The lowest BCUT2D eigenvalue weighted by Crippen LogP contribution is -2.03. The zero-order chi connectivity index (χ0) is 14.8. The van der Waals surface area contributed by atoms with Gasteiger partial charge in [-0.2, -0.15) is 0 Å². The summed E-state index contributed by atoms with van der Waals surface area (Å²) in [7, 11) is 0. The van der Waals surface area contributed by atoms with Crippen molar-refractivity contribution < 1.29 is 14.4 Å². The quantitative estimate of drug-likeness (QED) is 0.690. The fourth-order valence-electron chi connectivity index (χ4n) is 2.28. The lowest BCUT2D eigenvalue weighted by atomic mass is 10.1. The first-order chi connectivity index (χ1) is 10.1. The molecule has 1 aliphatic heterocycles. The highest BCUT2D eigenvalue weighted by Gasteiger charge is 2.17. The number of para-hydroxylation sites is 1. The number of fused-ring (bicyclic) bond motifs is 1. The first-order valence-corrected chi connectivity index (χ1v) is 6.51. The standard InChI is InChI=1S/C15H14N2O4/c1-10-7-12(17(18)19)5-6-13(10)16-8-11-3-2-4-14-15(11)21-9-20-14/h2-7,16H,8-9H2,1H3. The zero-order valence-corrected chi connectivity index (χ0v) is 11.5. The maximum Gasteiger partial charge on any atom is 0.269 e. The molecule has 0 fully saturated rings. The molecule has 3 rings (SSSR count). The van der Waals surface area contributed by atoms with E-state index >= 15 is 0 Å². The van der Waals surface area contributed by atoms with E-state index in [4.69, 9.17) is 9.47 Å². The number of benzene rings is 2. The third-order valence-corrected chi connectivity index (χ3v) is 3.37. The second-order valence-electron chi connectivity index (χ2n) is 4.76. The molecule has 0 atom stereocenters. The predicted octanol–water partition coefficient (Wildman–Crippen LogP) is 3.24. The van der Waals surface area contributed by atoms with Crippen LogP contribution in [0.15, 0.2) is 36.4 Å². The number of hydrogen-bond acceptors (Lipinski definition) is 5. The molecular weight excluding hydrogens is 272 g/mol. The molecule has 1 heterocycles. The second kappa shape index (κ2) is 5.32. The topological polar surface area (TPSA) is 73.6 Å². The van der Waals surface area contributed by atoms with Crippen molar-refractivity contribution in [2.24, 2.45) is 0 Å². The highest BCUT2D eigenvalue weighted by Crippen LogP contribution is 2.35. The van der Waals surface area contributed by atoms with E-state index in [0.717, 1.165) is 28.3 Å². The number of hydrogen-bond donors (Lipinski definition) is 1. The summed E-state index contributed by atoms with van der Waals surface area (Å²) in [6.45, 7) is 2.64. The molecule has 1 aliphatic rings. The first kappa shape index (κ1) is 13.2. The van der Waals surface area contributed by atoms with Crippen LogP contribution < -0.4 is 14.8 Å². The van der Waals surface area contributed by atoms with E-state index in [9.17, 15) is 10.1 Å². The van der Waals surface area contributed by atoms with E-state index in [1.165, 1.54) is 6.07 Å². The maximum absolute atomic E-state index is 10.7. The summed E-state index contributed by atoms with van der Waals surface area (Å²) in [6, 6.07) is 10.5. The molecule has 0 saturated heterocycles. The van der Waals surface area contributed by atoms with Crippen molar-refractivity contribution in [2.45, 2.75) is 13.5 Å². The van der Waals surface area contributed by atoms with Crippen LogP contribution in [-0.4, -0.2) is 11.7 Å². The molecule has 1 N–H and O–H groups in total. The number of aryl methyl sites for hydroxylation is 1. The van der Waals surface area contributed by atoms with Crippen molar-refractivity contribution in [3.05, 3.63) is 57.6 Å². The molecule has 0 bridgehead atoms. The Kier molecular flexibility index (Phi) is 3.35. The molecular formula is C15H14N2O4. The summed E-state index contributed by atoms with van der Waals surface area (Å²) in [5, 5.41) is 14.0. The normalized spacial score (nSPS) is 12.2. The fourth-order valence-corrected chi connectivity index (χ4v) is 2.28. The summed E-state index contributed by atoms with van der Waals surface area (Å²) in [5.74, 6) is 1.50. The van der Waals surface area contributed by atoms with Crippen molar-refractivity contribution in [2.75, 3.05) is 12.1 Å². The summed E-state index contributed by atoms with van der Waals surface area (Å²) >= 11 is 0. The van der Waals surface area contributed by atoms with Gasteiger partial charge in [-0.3, -0.25) is 10.1 Å². The SMILES string of the molecule is Cc1cc([N+](=O)[O-])ccc1NCc1cccc2c1OCO2. The Labute approximate surface area is 121 Å². The van der Waals surface area contributed by atoms with Gasteiger partial charge in [0.05, 0.1) is 4.92 Å². The van der Waals surface area contributed by atoms with Gasteiger partial charge in [-0.1, -0.05) is 12.1 Å².